The largest absolute Gasteiger partial charge is 0.365 e. The van der Waals surface area contributed by atoms with Crippen LogP contribution in [0.3, 0.4) is 0 Å². The molecule has 136 valence electrons. The smallest absolute Gasteiger partial charge is 0.257 e. The highest BCUT2D eigenvalue weighted by Gasteiger charge is 2.24. The molecule has 5 nitrogen and oxygen atoms in total. The zero-order valence-electron chi connectivity index (χ0n) is 13.9. The highest BCUT2D eigenvalue weighted by Crippen LogP contribution is 2.37. The summed E-state index contributed by atoms with van der Waals surface area (Å²) in [6.45, 7) is 0. The van der Waals surface area contributed by atoms with Crippen LogP contribution in [-0.2, 0) is 12.8 Å². The van der Waals surface area contributed by atoms with E-state index in [9.17, 15) is 14.0 Å². The number of amides is 2. The Balaban J connectivity index is 1.77. The first-order valence-corrected chi connectivity index (χ1v) is 9.50. The van der Waals surface area contributed by atoms with E-state index >= 15 is 0 Å². The minimum atomic E-state index is -0.527. The van der Waals surface area contributed by atoms with Gasteiger partial charge in [-0.25, -0.2) is 4.39 Å². The molecule has 0 fully saturated rings. The molecule has 0 saturated carbocycles. The standard InChI is InChI=1S/C18H18FN3O2S2/c19-11-6-4-5-10(9-11)16(24)21-18(25)22-17-14(15(20)23)12-7-2-1-3-8-13(12)26-17/h4-6,9H,1-3,7-8H2,(H2,20,23)(H2,21,22,24,25). The molecule has 1 aromatic heterocycles. The molecule has 1 aliphatic carbocycles. The molecule has 8 heteroatoms. The zero-order chi connectivity index (χ0) is 18.7. The lowest BCUT2D eigenvalue weighted by Gasteiger charge is -2.10. The number of nitrogens with one attached hydrogen (secondary N) is 2. The lowest BCUT2D eigenvalue weighted by Crippen LogP contribution is -2.34. The second-order valence-electron chi connectivity index (χ2n) is 6.05. The van der Waals surface area contributed by atoms with Gasteiger partial charge in [0.15, 0.2) is 5.11 Å². The molecule has 26 heavy (non-hydrogen) atoms. The van der Waals surface area contributed by atoms with E-state index < -0.39 is 17.6 Å². The quantitative estimate of drug-likeness (QED) is 0.553. The molecule has 0 spiro atoms. The summed E-state index contributed by atoms with van der Waals surface area (Å²) in [6.07, 6.45) is 4.94. The van der Waals surface area contributed by atoms with Gasteiger partial charge in [-0.1, -0.05) is 12.5 Å². The Kier molecular flexibility index (Phi) is 5.63. The predicted octanol–water partition coefficient (Wildman–Crippen LogP) is 3.38. The van der Waals surface area contributed by atoms with Crippen LogP contribution in [0.25, 0.3) is 0 Å². The van der Waals surface area contributed by atoms with Crippen molar-refractivity contribution in [2.24, 2.45) is 5.73 Å². The number of anilines is 1. The second kappa shape index (κ2) is 7.92. The van der Waals surface area contributed by atoms with Crippen LogP contribution in [0.4, 0.5) is 9.39 Å². The second-order valence-corrected chi connectivity index (χ2v) is 7.56. The third-order valence-electron chi connectivity index (χ3n) is 4.21. The van der Waals surface area contributed by atoms with Crippen molar-refractivity contribution in [3.63, 3.8) is 0 Å². The van der Waals surface area contributed by atoms with Gasteiger partial charge in [0.25, 0.3) is 11.8 Å². The first-order valence-electron chi connectivity index (χ1n) is 8.28. The van der Waals surface area contributed by atoms with E-state index in [1.807, 2.05) is 0 Å². The van der Waals surface area contributed by atoms with Gasteiger partial charge in [-0.2, -0.15) is 0 Å². The van der Waals surface area contributed by atoms with E-state index in [0.29, 0.717) is 10.6 Å². The number of thiocarbonyl (C=S) groups is 1. The van der Waals surface area contributed by atoms with Gasteiger partial charge in [-0.05, 0) is 61.7 Å². The number of rotatable bonds is 3. The molecule has 3 rings (SSSR count). The molecule has 0 atom stereocenters. The number of aryl methyl sites for hydroxylation is 1. The molecule has 4 N–H and O–H groups in total. The number of fused-ring (bicyclic) bond motifs is 1. The maximum atomic E-state index is 13.2. The summed E-state index contributed by atoms with van der Waals surface area (Å²) in [7, 11) is 0. The number of halogens is 1. The van der Waals surface area contributed by atoms with E-state index in [1.165, 1.54) is 29.5 Å². The number of hydrogen-bond donors (Lipinski definition) is 3. The first-order chi connectivity index (χ1) is 12.5. The third kappa shape index (κ3) is 4.08. The monoisotopic (exact) mass is 391 g/mol. The average molecular weight is 391 g/mol. The Labute approximate surface area is 159 Å². The zero-order valence-corrected chi connectivity index (χ0v) is 15.6. The average Bonchev–Trinajstić information content (AvgIpc) is 2.76. The summed E-state index contributed by atoms with van der Waals surface area (Å²) in [5.41, 5.74) is 7.17. The number of primary amides is 1. The maximum Gasteiger partial charge on any atom is 0.257 e. The van der Waals surface area contributed by atoms with Crippen LogP contribution in [0.1, 0.15) is 50.4 Å². The Bertz CT molecular complexity index is 879. The Morgan fingerprint density at radius 2 is 1.96 bits per heavy atom. The molecule has 0 saturated heterocycles. The lowest BCUT2D eigenvalue weighted by molar-refractivity contribution is 0.0975. The summed E-state index contributed by atoms with van der Waals surface area (Å²) in [5, 5.41) is 6.00. The highest BCUT2D eigenvalue weighted by molar-refractivity contribution is 7.80. The van der Waals surface area contributed by atoms with Crippen molar-refractivity contribution >= 4 is 45.5 Å². The van der Waals surface area contributed by atoms with E-state index in [-0.39, 0.29) is 10.7 Å². The summed E-state index contributed by atoms with van der Waals surface area (Å²) in [6, 6.07) is 5.32. The predicted molar refractivity (Wildman–Crippen MR) is 104 cm³/mol. The van der Waals surface area contributed by atoms with Crippen LogP contribution in [0.5, 0.6) is 0 Å². The molecule has 2 amide bonds. The summed E-state index contributed by atoms with van der Waals surface area (Å²) >= 11 is 6.62. The Hall–Kier alpha value is -2.32. The number of carbonyl (C=O) groups excluding carboxylic acids is 2. The molecule has 1 aliphatic rings. The van der Waals surface area contributed by atoms with E-state index in [2.05, 4.69) is 10.6 Å². The van der Waals surface area contributed by atoms with Crippen molar-refractivity contribution in [1.82, 2.24) is 5.32 Å². The fourth-order valence-electron chi connectivity index (χ4n) is 3.03. The van der Waals surface area contributed by atoms with Gasteiger partial charge < -0.3 is 11.1 Å². The van der Waals surface area contributed by atoms with E-state index in [0.717, 1.165) is 48.6 Å². The third-order valence-corrected chi connectivity index (χ3v) is 5.62. The molecule has 2 aromatic rings. The van der Waals surface area contributed by atoms with Crippen molar-refractivity contribution in [2.75, 3.05) is 5.32 Å². The van der Waals surface area contributed by atoms with Crippen LogP contribution in [-0.4, -0.2) is 16.9 Å². The molecular weight excluding hydrogens is 373 g/mol. The molecule has 1 heterocycles. The van der Waals surface area contributed by atoms with Gasteiger partial charge in [0.2, 0.25) is 0 Å². The fraction of sp³-hybridized carbons (Fsp3) is 0.278. The molecule has 0 aliphatic heterocycles. The SMILES string of the molecule is NC(=O)c1c(NC(=S)NC(=O)c2cccc(F)c2)sc2c1CCCCC2. The first kappa shape index (κ1) is 18.5. The fourth-order valence-corrected chi connectivity index (χ4v) is 4.59. The minimum absolute atomic E-state index is 0.0400. The Morgan fingerprint density at radius 1 is 1.19 bits per heavy atom. The van der Waals surface area contributed by atoms with E-state index in [4.69, 9.17) is 18.0 Å². The van der Waals surface area contributed by atoms with Crippen molar-refractivity contribution < 1.29 is 14.0 Å². The van der Waals surface area contributed by atoms with Gasteiger partial charge in [0.05, 0.1) is 5.56 Å². The number of thiophene rings is 1. The van der Waals surface area contributed by atoms with Crippen LogP contribution in [0.15, 0.2) is 24.3 Å². The number of benzene rings is 1. The lowest BCUT2D eigenvalue weighted by atomic mass is 10.1. The summed E-state index contributed by atoms with van der Waals surface area (Å²) in [4.78, 5) is 25.2. The normalized spacial score (nSPS) is 13.4. The molecule has 0 radical (unpaired) electrons. The summed E-state index contributed by atoms with van der Waals surface area (Å²) < 4.78 is 13.2. The number of hydrogen-bond acceptors (Lipinski definition) is 4. The number of carbonyl (C=O) groups is 2. The maximum absolute atomic E-state index is 13.2. The van der Waals surface area contributed by atoms with Gasteiger partial charge in [0, 0.05) is 10.4 Å². The van der Waals surface area contributed by atoms with Crippen LogP contribution >= 0.6 is 23.6 Å². The van der Waals surface area contributed by atoms with E-state index in [1.54, 1.807) is 0 Å². The van der Waals surface area contributed by atoms with Gasteiger partial charge in [0.1, 0.15) is 10.8 Å². The van der Waals surface area contributed by atoms with Gasteiger partial charge in [-0.3, -0.25) is 14.9 Å². The number of nitrogens with two attached hydrogens (primary N) is 1. The van der Waals surface area contributed by atoms with Gasteiger partial charge in [-0.15, -0.1) is 11.3 Å². The molecule has 0 bridgehead atoms. The van der Waals surface area contributed by atoms with Gasteiger partial charge >= 0.3 is 0 Å². The van der Waals surface area contributed by atoms with Crippen molar-refractivity contribution in [1.29, 1.82) is 0 Å². The molecule has 0 unspecified atom stereocenters. The van der Waals surface area contributed by atoms with Crippen molar-refractivity contribution in [3.8, 4) is 0 Å². The van der Waals surface area contributed by atoms with Crippen molar-refractivity contribution in [2.45, 2.75) is 32.1 Å². The highest BCUT2D eigenvalue weighted by atomic mass is 32.1. The van der Waals surface area contributed by atoms with Crippen LogP contribution in [0.2, 0.25) is 0 Å². The Morgan fingerprint density at radius 3 is 2.69 bits per heavy atom. The molecular formula is C18H18FN3O2S2. The summed E-state index contributed by atoms with van der Waals surface area (Å²) in [5.74, 6) is -1.54. The molecule has 1 aromatic carbocycles. The minimum Gasteiger partial charge on any atom is -0.365 e. The topological polar surface area (TPSA) is 84.2 Å². The van der Waals surface area contributed by atoms with Crippen molar-refractivity contribution in [3.05, 3.63) is 51.7 Å². The van der Waals surface area contributed by atoms with Crippen LogP contribution in [0, 0.1) is 5.82 Å². The van der Waals surface area contributed by atoms with Crippen LogP contribution < -0.4 is 16.4 Å².